The minimum atomic E-state index is -0.282. The van der Waals surface area contributed by atoms with Gasteiger partial charge in [0.25, 0.3) is 0 Å². The van der Waals surface area contributed by atoms with Crippen molar-refractivity contribution in [3.8, 4) is 0 Å². The number of nitrogens with two attached hydrogens (primary N) is 1. The number of hydrogen-bond donors (Lipinski definition) is 1. The third kappa shape index (κ3) is 5.52. The van der Waals surface area contributed by atoms with E-state index >= 15 is 0 Å². The van der Waals surface area contributed by atoms with E-state index in [1.807, 2.05) is 66.4 Å². The molecule has 1 heterocycles. The van der Waals surface area contributed by atoms with Crippen molar-refractivity contribution in [2.45, 2.75) is 13.0 Å². The summed E-state index contributed by atoms with van der Waals surface area (Å²) in [7, 11) is 0. The molecule has 7 heteroatoms. The molecule has 1 aliphatic heterocycles. The van der Waals surface area contributed by atoms with Gasteiger partial charge in [0.05, 0.1) is 16.6 Å². The summed E-state index contributed by atoms with van der Waals surface area (Å²) in [5, 5.41) is 0.752. The van der Waals surface area contributed by atoms with Gasteiger partial charge < -0.3 is 15.5 Å². The van der Waals surface area contributed by atoms with Gasteiger partial charge in [-0.25, -0.2) is 0 Å². The quantitative estimate of drug-likeness (QED) is 0.792. The van der Waals surface area contributed by atoms with E-state index in [2.05, 4.69) is 4.90 Å². The number of anilines is 1. The van der Waals surface area contributed by atoms with Crippen LogP contribution in [0.1, 0.15) is 18.5 Å². The molecule has 1 aliphatic rings. The van der Waals surface area contributed by atoms with Crippen LogP contribution in [0, 0.1) is 5.92 Å². The molecule has 27 heavy (non-hydrogen) atoms. The Bertz CT molecular complexity index is 721. The van der Waals surface area contributed by atoms with E-state index in [0.29, 0.717) is 13.1 Å². The second-order valence-corrected chi connectivity index (χ2v) is 6.90. The van der Waals surface area contributed by atoms with Crippen LogP contribution in [0.2, 0.25) is 5.02 Å². The molecule has 2 atom stereocenters. The lowest BCUT2D eigenvalue weighted by Crippen LogP contribution is -2.51. The van der Waals surface area contributed by atoms with Gasteiger partial charge in [-0.15, -0.1) is 24.8 Å². The fraction of sp³-hybridized carbons (Fsp3) is 0.350. The molecule has 148 valence electrons. The number of carbonyl (C=O) groups is 1. The molecule has 0 aliphatic carbocycles. The molecule has 3 rings (SSSR count). The molecule has 2 aromatic rings. The van der Waals surface area contributed by atoms with E-state index in [9.17, 15) is 4.79 Å². The lowest BCUT2D eigenvalue weighted by Gasteiger charge is -2.38. The van der Waals surface area contributed by atoms with Crippen molar-refractivity contribution >= 4 is 48.0 Å². The van der Waals surface area contributed by atoms with Gasteiger partial charge in [0, 0.05) is 32.2 Å². The van der Waals surface area contributed by atoms with Gasteiger partial charge in [-0.2, -0.15) is 0 Å². The lowest BCUT2D eigenvalue weighted by molar-refractivity contribution is -0.136. The van der Waals surface area contributed by atoms with Crippen LogP contribution < -0.4 is 10.6 Å². The van der Waals surface area contributed by atoms with Crippen LogP contribution in [0.25, 0.3) is 0 Å². The Morgan fingerprint density at radius 1 is 0.963 bits per heavy atom. The number of amides is 1. The Balaban J connectivity index is 0.00000182. The monoisotopic (exact) mass is 429 g/mol. The van der Waals surface area contributed by atoms with Gasteiger partial charge in [-0.3, -0.25) is 4.79 Å². The minimum absolute atomic E-state index is 0. The third-order valence-electron chi connectivity index (χ3n) is 4.90. The van der Waals surface area contributed by atoms with E-state index in [1.165, 1.54) is 0 Å². The number of carbonyl (C=O) groups excluding carboxylic acids is 1. The van der Waals surface area contributed by atoms with E-state index in [-0.39, 0.29) is 42.7 Å². The summed E-state index contributed by atoms with van der Waals surface area (Å²) in [6.07, 6.45) is 0. The first-order valence-corrected chi connectivity index (χ1v) is 9.04. The van der Waals surface area contributed by atoms with Crippen LogP contribution in [-0.2, 0) is 4.79 Å². The summed E-state index contributed by atoms with van der Waals surface area (Å²) >= 11 is 6.28. The third-order valence-corrected chi connectivity index (χ3v) is 5.22. The number of piperazine rings is 1. The van der Waals surface area contributed by atoms with Gasteiger partial charge in [-0.1, -0.05) is 61.0 Å². The summed E-state index contributed by atoms with van der Waals surface area (Å²) in [6.45, 7) is 4.86. The predicted octanol–water partition coefficient (Wildman–Crippen LogP) is 4.17. The average Bonchev–Trinajstić information content (AvgIpc) is 2.67. The van der Waals surface area contributed by atoms with Crippen LogP contribution in [0.3, 0.4) is 0 Å². The van der Waals surface area contributed by atoms with Crippen LogP contribution in [0.15, 0.2) is 54.6 Å². The largest absolute Gasteiger partial charge is 0.367 e. The fourth-order valence-electron chi connectivity index (χ4n) is 3.28. The van der Waals surface area contributed by atoms with Crippen molar-refractivity contribution in [3.63, 3.8) is 0 Å². The number of para-hydroxylation sites is 1. The molecule has 4 nitrogen and oxygen atoms in total. The van der Waals surface area contributed by atoms with Crippen molar-refractivity contribution in [1.82, 2.24) is 4.90 Å². The molecule has 0 bridgehead atoms. The van der Waals surface area contributed by atoms with Gasteiger partial charge in [0.15, 0.2) is 0 Å². The predicted molar refractivity (Wildman–Crippen MR) is 117 cm³/mol. The number of hydrogen-bond acceptors (Lipinski definition) is 3. The maximum atomic E-state index is 12.8. The summed E-state index contributed by atoms with van der Waals surface area (Å²) < 4.78 is 0. The van der Waals surface area contributed by atoms with E-state index in [0.717, 1.165) is 29.4 Å². The molecule has 1 amide bonds. The normalized spacial score (nSPS) is 16.0. The summed E-state index contributed by atoms with van der Waals surface area (Å²) in [4.78, 5) is 17.0. The van der Waals surface area contributed by atoms with Crippen molar-refractivity contribution in [3.05, 3.63) is 65.2 Å². The van der Waals surface area contributed by atoms with Crippen LogP contribution in [-0.4, -0.2) is 37.0 Å². The molecule has 1 fully saturated rings. The Morgan fingerprint density at radius 3 is 2.11 bits per heavy atom. The smallest absolute Gasteiger partial charge is 0.227 e. The summed E-state index contributed by atoms with van der Waals surface area (Å²) in [6, 6.07) is 17.4. The maximum absolute atomic E-state index is 12.8. The van der Waals surface area contributed by atoms with Crippen molar-refractivity contribution in [2.24, 2.45) is 11.7 Å². The first-order chi connectivity index (χ1) is 12.1. The van der Waals surface area contributed by atoms with Gasteiger partial charge >= 0.3 is 0 Å². The molecule has 2 N–H and O–H groups in total. The van der Waals surface area contributed by atoms with E-state index in [4.69, 9.17) is 17.3 Å². The highest BCUT2D eigenvalue weighted by Crippen LogP contribution is 2.27. The maximum Gasteiger partial charge on any atom is 0.227 e. The summed E-state index contributed by atoms with van der Waals surface area (Å²) in [5.41, 5.74) is 8.34. The molecule has 1 saturated heterocycles. The highest BCUT2D eigenvalue weighted by molar-refractivity contribution is 6.33. The molecular formula is C20H26Cl3N3O. The van der Waals surface area contributed by atoms with Gasteiger partial charge in [0.1, 0.15) is 0 Å². The van der Waals surface area contributed by atoms with E-state index in [1.54, 1.807) is 0 Å². The first-order valence-electron chi connectivity index (χ1n) is 8.66. The van der Waals surface area contributed by atoms with Gasteiger partial charge in [-0.05, 0) is 17.7 Å². The molecule has 0 saturated carbocycles. The Morgan fingerprint density at radius 2 is 1.52 bits per heavy atom. The molecule has 0 spiro atoms. The molecule has 0 radical (unpaired) electrons. The Kier molecular flexibility index (Phi) is 9.40. The lowest BCUT2D eigenvalue weighted by atomic mass is 9.94. The SMILES string of the molecule is CC(C(=O)N1CCN(c2ccccc2Cl)CC1)C(N)c1ccccc1.Cl.Cl. The van der Waals surface area contributed by atoms with E-state index < -0.39 is 0 Å². The highest BCUT2D eigenvalue weighted by atomic mass is 35.5. The van der Waals surface area contributed by atoms with Crippen molar-refractivity contribution < 1.29 is 4.79 Å². The zero-order chi connectivity index (χ0) is 17.8. The Labute approximate surface area is 178 Å². The standard InChI is InChI=1S/C20H24ClN3O.2ClH/c1-15(19(22)16-7-3-2-4-8-16)20(25)24-13-11-23(12-14-24)18-10-6-5-9-17(18)21;;/h2-10,15,19H,11-14,22H2,1H3;2*1H. The average molecular weight is 431 g/mol. The fourth-order valence-corrected chi connectivity index (χ4v) is 3.54. The minimum Gasteiger partial charge on any atom is -0.367 e. The van der Waals surface area contributed by atoms with Crippen molar-refractivity contribution in [1.29, 1.82) is 0 Å². The second-order valence-electron chi connectivity index (χ2n) is 6.49. The van der Waals surface area contributed by atoms with Crippen LogP contribution in [0.5, 0.6) is 0 Å². The zero-order valence-corrected chi connectivity index (χ0v) is 17.6. The highest BCUT2D eigenvalue weighted by Gasteiger charge is 2.29. The number of halogens is 3. The molecule has 2 unspecified atom stereocenters. The van der Waals surface area contributed by atoms with Crippen molar-refractivity contribution in [2.75, 3.05) is 31.1 Å². The summed E-state index contributed by atoms with van der Waals surface area (Å²) in [5.74, 6) is -0.121. The number of nitrogens with zero attached hydrogens (tertiary/aromatic N) is 2. The Hall–Kier alpha value is -1.46. The number of benzene rings is 2. The second kappa shape index (κ2) is 10.8. The van der Waals surface area contributed by atoms with Crippen LogP contribution >= 0.6 is 36.4 Å². The zero-order valence-electron chi connectivity index (χ0n) is 15.3. The first kappa shape index (κ1) is 23.6. The molecular weight excluding hydrogens is 405 g/mol. The molecule has 2 aromatic carbocycles. The number of rotatable bonds is 4. The van der Waals surface area contributed by atoms with Crippen LogP contribution in [0.4, 0.5) is 5.69 Å². The topological polar surface area (TPSA) is 49.6 Å². The van der Waals surface area contributed by atoms with Gasteiger partial charge in [0.2, 0.25) is 5.91 Å². The molecule has 0 aromatic heterocycles.